The molecule has 146 valence electrons. The van der Waals surface area contributed by atoms with E-state index in [4.69, 9.17) is 14.2 Å². The maximum atomic E-state index is 13.2. The topological polar surface area (TPSA) is 48.0 Å². The Balaban J connectivity index is 1.40. The first kappa shape index (κ1) is 17.7. The second kappa shape index (κ2) is 6.90. The maximum Gasteiger partial charge on any atom is 0.254 e. The lowest BCUT2D eigenvalue weighted by atomic mass is 9.78. The number of hydrogen-bond donors (Lipinski definition) is 0. The molecule has 0 aromatic heterocycles. The lowest BCUT2D eigenvalue weighted by molar-refractivity contribution is -0.0946. The second-order valence-electron chi connectivity index (χ2n) is 7.82. The molecule has 0 radical (unpaired) electrons. The van der Waals surface area contributed by atoms with Gasteiger partial charge in [0.2, 0.25) is 0 Å². The van der Waals surface area contributed by atoms with Crippen LogP contribution in [0.2, 0.25) is 0 Å². The van der Waals surface area contributed by atoms with E-state index in [0.29, 0.717) is 26.3 Å². The van der Waals surface area contributed by atoms with Crippen molar-refractivity contribution in [2.45, 2.75) is 38.1 Å². The van der Waals surface area contributed by atoms with Crippen molar-refractivity contribution < 1.29 is 19.0 Å². The van der Waals surface area contributed by atoms with E-state index in [1.165, 1.54) is 11.1 Å². The van der Waals surface area contributed by atoms with Gasteiger partial charge in [0.15, 0.2) is 0 Å². The van der Waals surface area contributed by atoms with Crippen LogP contribution in [-0.2, 0) is 34.7 Å². The number of amides is 1. The summed E-state index contributed by atoms with van der Waals surface area (Å²) in [5, 5.41) is 0. The third kappa shape index (κ3) is 2.73. The lowest BCUT2D eigenvalue weighted by Crippen LogP contribution is -2.48. The largest absolute Gasteiger partial charge is 0.496 e. The zero-order chi connectivity index (χ0) is 19.1. The van der Waals surface area contributed by atoms with E-state index in [1.807, 2.05) is 35.2 Å². The summed E-state index contributed by atoms with van der Waals surface area (Å²) in [6, 6.07) is 12.2. The summed E-state index contributed by atoms with van der Waals surface area (Å²) in [4.78, 5) is 15.2. The van der Waals surface area contributed by atoms with Gasteiger partial charge in [-0.05, 0) is 48.1 Å². The van der Waals surface area contributed by atoms with E-state index < -0.39 is 0 Å². The molecule has 0 aliphatic carbocycles. The Kier molecular flexibility index (Phi) is 4.37. The third-order valence-corrected chi connectivity index (χ3v) is 6.40. The smallest absolute Gasteiger partial charge is 0.254 e. The van der Waals surface area contributed by atoms with E-state index >= 15 is 0 Å². The van der Waals surface area contributed by atoms with Crippen molar-refractivity contribution >= 4 is 5.91 Å². The normalized spacial score (nSPS) is 20.0. The van der Waals surface area contributed by atoms with Crippen LogP contribution < -0.4 is 4.74 Å². The molecule has 1 spiro atoms. The number of carbonyl (C=O) groups excluding carboxylic acids is 1. The van der Waals surface area contributed by atoms with Crippen LogP contribution >= 0.6 is 0 Å². The summed E-state index contributed by atoms with van der Waals surface area (Å²) in [5.74, 6) is 1.00. The fraction of sp³-hybridized carbons (Fsp3) is 0.435. The summed E-state index contributed by atoms with van der Waals surface area (Å²) in [6.45, 7) is 3.21. The Morgan fingerprint density at radius 1 is 1.07 bits per heavy atom. The number of piperidine rings is 1. The molecule has 1 fully saturated rings. The molecule has 0 bridgehead atoms. The Labute approximate surface area is 165 Å². The Bertz CT molecular complexity index is 901. The maximum absolute atomic E-state index is 13.2. The molecule has 28 heavy (non-hydrogen) atoms. The SMILES string of the molecule is COc1cccc2c1C1(CCN(C(=O)c3cccc4c3COC4)CC1)OCC2. The molecule has 2 aromatic carbocycles. The zero-order valence-corrected chi connectivity index (χ0v) is 16.2. The van der Waals surface area contributed by atoms with Crippen LogP contribution in [0.5, 0.6) is 5.75 Å². The van der Waals surface area contributed by atoms with Crippen molar-refractivity contribution in [3.8, 4) is 5.75 Å². The van der Waals surface area contributed by atoms with E-state index in [-0.39, 0.29) is 11.5 Å². The fourth-order valence-corrected chi connectivity index (χ4v) is 4.94. The van der Waals surface area contributed by atoms with Crippen molar-refractivity contribution in [1.82, 2.24) is 4.90 Å². The van der Waals surface area contributed by atoms with Crippen molar-refractivity contribution in [3.05, 3.63) is 64.2 Å². The molecule has 0 unspecified atom stereocenters. The summed E-state index contributed by atoms with van der Waals surface area (Å²) < 4.78 is 17.5. The molecular weight excluding hydrogens is 354 g/mol. The van der Waals surface area contributed by atoms with Crippen LogP contribution in [-0.4, -0.2) is 37.6 Å². The van der Waals surface area contributed by atoms with Crippen LogP contribution in [0.4, 0.5) is 0 Å². The van der Waals surface area contributed by atoms with E-state index in [0.717, 1.165) is 48.3 Å². The Morgan fingerprint density at radius 2 is 1.86 bits per heavy atom. The van der Waals surface area contributed by atoms with Crippen molar-refractivity contribution in [1.29, 1.82) is 0 Å². The molecule has 3 aliphatic rings. The van der Waals surface area contributed by atoms with E-state index in [1.54, 1.807) is 7.11 Å². The lowest BCUT2D eigenvalue weighted by Gasteiger charge is -2.45. The highest BCUT2D eigenvalue weighted by molar-refractivity contribution is 5.96. The minimum absolute atomic E-state index is 0.105. The molecular formula is C23H25NO4. The highest BCUT2D eigenvalue weighted by Crippen LogP contribution is 2.46. The third-order valence-electron chi connectivity index (χ3n) is 6.40. The van der Waals surface area contributed by atoms with Gasteiger partial charge in [-0.3, -0.25) is 4.79 Å². The summed E-state index contributed by atoms with van der Waals surface area (Å²) >= 11 is 0. The molecule has 0 atom stereocenters. The highest BCUT2D eigenvalue weighted by atomic mass is 16.5. The molecule has 0 saturated carbocycles. The van der Waals surface area contributed by atoms with Crippen LogP contribution in [0.15, 0.2) is 36.4 Å². The minimum Gasteiger partial charge on any atom is -0.496 e. The number of ether oxygens (including phenoxy) is 3. The summed E-state index contributed by atoms with van der Waals surface area (Å²) in [7, 11) is 1.72. The number of hydrogen-bond acceptors (Lipinski definition) is 4. The van der Waals surface area contributed by atoms with Gasteiger partial charge < -0.3 is 19.1 Å². The molecule has 5 rings (SSSR count). The van der Waals surface area contributed by atoms with Gasteiger partial charge in [0, 0.05) is 24.2 Å². The summed E-state index contributed by atoms with van der Waals surface area (Å²) in [6.07, 6.45) is 2.49. The van der Waals surface area contributed by atoms with Crippen LogP contribution in [0.25, 0.3) is 0 Å². The monoisotopic (exact) mass is 379 g/mol. The number of rotatable bonds is 2. The van der Waals surface area contributed by atoms with Gasteiger partial charge in [0.25, 0.3) is 5.91 Å². The Hall–Kier alpha value is -2.37. The number of carbonyl (C=O) groups is 1. The van der Waals surface area contributed by atoms with Crippen LogP contribution in [0.3, 0.4) is 0 Å². The molecule has 0 N–H and O–H groups in total. The predicted octanol–water partition coefficient (Wildman–Crippen LogP) is 3.43. The number of nitrogens with zero attached hydrogens (tertiary/aromatic N) is 1. The minimum atomic E-state index is -0.348. The van der Waals surface area contributed by atoms with Crippen molar-refractivity contribution in [2.75, 3.05) is 26.8 Å². The highest BCUT2D eigenvalue weighted by Gasteiger charge is 2.44. The number of benzene rings is 2. The molecule has 5 nitrogen and oxygen atoms in total. The number of methoxy groups -OCH3 is 1. The first-order chi connectivity index (χ1) is 13.7. The molecule has 3 aliphatic heterocycles. The molecule has 1 amide bonds. The van der Waals surface area contributed by atoms with Crippen molar-refractivity contribution in [2.24, 2.45) is 0 Å². The Morgan fingerprint density at radius 3 is 2.68 bits per heavy atom. The first-order valence-electron chi connectivity index (χ1n) is 10.00. The molecule has 1 saturated heterocycles. The average molecular weight is 379 g/mol. The van der Waals surface area contributed by atoms with Crippen LogP contribution in [0, 0.1) is 0 Å². The van der Waals surface area contributed by atoms with Crippen molar-refractivity contribution in [3.63, 3.8) is 0 Å². The second-order valence-corrected chi connectivity index (χ2v) is 7.82. The van der Waals surface area contributed by atoms with Crippen LogP contribution in [0.1, 0.15) is 45.5 Å². The molecule has 3 heterocycles. The standard InChI is InChI=1S/C23H25NO4/c1-26-20-7-3-4-16-8-13-28-23(21(16)20)9-11-24(12-10-23)22(25)18-6-2-5-17-14-27-15-19(17)18/h2-7H,8-15H2,1H3. The van der Waals surface area contributed by atoms with E-state index in [9.17, 15) is 4.79 Å². The van der Waals surface area contributed by atoms with Gasteiger partial charge in [-0.15, -0.1) is 0 Å². The number of likely N-dealkylation sites (tertiary alicyclic amines) is 1. The average Bonchev–Trinajstić information content (AvgIpc) is 3.22. The van der Waals surface area contributed by atoms with E-state index in [2.05, 4.69) is 6.07 Å². The van der Waals surface area contributed by atoms with Gasteiger partial charge in [-0.2, -0.15) is 0 Å². The molecule has 2 aromatic rings. The molecule has 5 heteroatoms. The zero-order valence-electron chi connectivity index (χ0n) is 16.2. The van der Waals surface area contributed by atoms with Gasteiger partial charge >= 0.3 is 0 Å². The fourth-order valence-electron chi connectivity index (χ4n) is 4.94. The number of fused-ring (bicyclic) bond motifs is 3. The predicted molar refractivity (Wildman–Crippen MR) is 104 cm³/mol. The summed E-state index contributed by atoms with van der Waals surface area (Å²) in [5.41, 5.74) is 5.11. The first-order valence-corrected chi connectivity index (χ1v) is 10.00. The van der Waals surface area contributed by atoms with Gasteiger partial charge in [-0.1, -0.05) is 24.3 Å². The van der Waals surface area contributed by atoms with Gasteiger partial charge in [0.05, 0.1) is 26.9 Å². The van der Waals surface area contributed by atoms with Gasteiger partial charge in [0.1, 0.15) is 11.4 Å². The van der Waals surface area contributed by atoms with Gasteiger partial charge in [-0.25, -0.2) is 0 Å². The quantitative estimate of drug-likeness (QED) is 0.802.